The molecule has 3 N–H and O–H groups in total. The Morgan fingerprint density at radius 3 is 2.64 bits per heavy atom. The van der Waals surface area contributed by atoms with Gasteiger partial charge in [-0.05, 0) is 31.3 Å². The molecule has 5 heteroatoms. The van der Waals surface area contributed by atoms with Crippen LogP contribution in [0.2, 0.25) is 0 Å². The summed E-state index contributed by atoms with van der Waals surface area (Å²) in [5.74, 6) is -0.665. The first kappa shape index (κ1) is 19.1. The van der Waals surface area contributed by atoms with Crippen LogP contribution in [-0.4, -0.2) is 46.2 Å². The summed E-state index contributed by atoms with van der Waals surface area (Å²) in [6, 6.07) is 0. The summed E-state index contributed by atoms with van der Waals surface area (Å²) in [5, 5.41) is 29.1. The molecule has 0 aliphatic heterocycles. The van der Waals surface area contributed by atoms with Crippen LogP contribution in [0.1, 0.15) is 52.4 Å². The van der Waals surface area contributed by atoms with E-state index in [0.717, 1.165) is 25.7 Å². The Morgan fingerprint density at radius 1 is 1.32 bits per heavy atom. The van der Waals surface area contributed by atoms with Crippen LogP contribution >= 0.6 is 0 Å². The first-order valence-corrected chi connectivity index (χ1v) is 8.32. The minimum absolute atomic E-state index is 0.0112. The molecule has 5 nitrogen and oxygen atoms in total. The maximum Gasteiger partial charge on any atom is 0.303 e. The fourth-order valence-corrected chi connectivity index (χ4v) is 3.18. The molecule has 128 valence electrons. The van der Waals surface area contributed by atoms with Gasteiger partial charge in [-0.25, -0.2) is 0 Å². The summed E-state index contributed by atoms with van der Waals surface area (Å²) in [6.07, 6.45) is 6.90. The highest BCUT2D eigenvalue weighted by molar-refractivity contribution is 5.66. The van der Waals surface area contributed by atoms with Gasteiger partial charge in [-0.3, -0.25) is 4.79 Å². The molecule has 1 fully saturated rings. The normalized spacial score (nSPS) is 29.9. The van der Waals surface area contributed by atoms with Crippen molar-refractivity contribution in [2.24, 2.45) is 11.8 Å². The first-order valence-electron chi connectivity index (χ1n) is 8.32. The molecule has 0 heterocycles. The monoisotopic (exact) mass is 314 g/mol. The molecule has 0 aromatic carbocycles. The Kier molecular flexibility index (Phi) is 8.68. The summed E-state index contributed by atoms with van der Waals surface area (Å²) in [6.45, 7) is 3.50. The topological polar surface area (TPSA) is 87.0 Å². The number of aliphatic hydroxyl groups excluding tert-OH is 3. The molecule has 0 saturated heterocycles. The van der Waals surface area contributed by atoms with Crippen molar-refractivity contribution in [1.82, 2.24) is 0 Å². The third-order valence-corrected chi connectivity index (χ3v) is 4.34. The average molecular weight is 314 g/mol. The van der Waals surface area contributed by atoms with Crippen LogP contribution in [0.15, 0.2) is 12.2 Å². The number of unbranched alkanes of at least 4 members (excludes halogenated alkanes) is 2. The molecule has 0 unspecified atom stereocenters. The van der Waals surface area contributed by atoms with E-state index in [1.165, 1.54) is 6.92 Å². The van der Waals surface area contributed by atoms with Crippen LogP contribution in [0.5, 0.6) is 0 Å². The van der Waals surface area contributed by atoms with Gasteiger partial charge in [0.05, 0.1) is 12.2 Å². The molecule has 1 saturated carbocycles. The lowest BCUT2D eigenvalue weighted by Gasteiger charge is -2.20. The van der Waals surface area contributed by atoms with E-state index in [-0.39, 0.29) is 30.5 Å². The number of aliphatic hydroxyl groups is 3. The van der Waals surface area contributed by atoms with Gasteiger partial charge in [-0.15, -0.1) is 0 Å². The highest BCUT2D eigenvalue weighted by Crippen LogP contribution is 2.36. The number of ether oxygens (including phenoxy) is 1. The van der Waals surface area contributed by atoms with Crippen molar-refractivity contribution in [3.8, 4) is 0 Å². The molecule has 1 aliphatic rings. The molecule has 0 spiro atoms. The van der Waals surface area contributed by atoms with E-state index in [4.69, 9.17) is 9.84 Å². The lowest BCUT2D eigenvalue weighted by Crippen LogP contribution is -2.22. The standard InChI is InChI=1S/C17H30O5/c1-3-4-5-6-13(22-12(2)19)7-8-14-15(9-10-18)17(21)11-16(14)20/h7-8,13-18,20-21H,3-6,9-11H2,1-2H3/b8-7+/t13-,14+,15+,16+,17-/m0/s1. The number of rotatable bonds is 9. The molecule has 0 aromatic rings. The SMILES string of the molecule is CCCCC[C@@H](/C=C/[C@@H]1[C@@H](CCO)[C@@H](O)C[C@H]1O)OC(C)=O. The average Bonchev–Trinajstić information content (AvgIpc) is 2.71. The maximum absolute atomic E-state index is 11.2. The van der Waals surface area contributed by atoms with Crippen LogP contribution in [0.25, 0.3) is 0 Å². The van der Waals surface area contributed by atoms with Crippen molar-refractivity contribution in [2.75, 3.05) is 6.61 Å². The fraction of sp³-hybridized carbons (Fsp3) is 0.824. The quantitative estimate of drug-likeness (QED) is 0.343. The molecular weight excluding hydrogens is 284 g/mol. The Balaban J connectivity index is 2.67. The van der Waals surface area contributed by atoms with E-state index >= 15 is 0 Å². The predicted octanol–water partition coefficient (Wildman–Crippen LogP) is 1.79. The van der Waals surface area contributed by atoms with Crippen LogP contribution < -0.4 is 0 Å². The number of carbonyl (C=O) groups excluding carboxylic acids is 1. The van der Waals surface area contributed by atoms with E-state index in [9.17, 15) is 15.0 Å². The molecule has 22 heavy (non-hydrogen) atoms. The molecular formula is C17H30O5. The van der Waals surface area contributed by atoms with Crippen molar-refractivity contribution in [3.05, 3.63) is 12.2 Å². The van der Waals surface area contributed by atoms with Gasteiger partial charge in [0.1, 0.15) is 6.10 Å². The summed E-state index contributed by atoms with van der Waals surface area (Å²) < 4.78 is 5.29. The van der Waals surface area contributed by atoms with Crippen LogP contribution in [-0.2, 0) is 9.53 Å². The minimum atomic E-state index is -0.614. The zero-order valence-corrected chi connectivity index (χ0v) is 13.6. The van der Waals surface area contributed by atoms with E-state index in [2.05, 4.69) is 6.92 Å². The van der Waals surface area contributed by atoms with Crippen molar-refractivity contribution >= 4 is 5.97 Å². The zero-order valence-electron chi connectivity index (χ0n) is 13.6. The smallest absolute Gasteiger partial charge is 0.303 e. The van der Waals surface area contributed by atoms with Crippen molar-refractivity contribution in [3.63, 3.8) is 0 Å². The zero-order chi connectivity index (χ0) is 16.5. The van der Waals surface area contributed by atoms with Crippen LogP contribution in [0, 0.1) is 11.8 Å². The van der Waals surface area contributed by atoms with Crippen molar-refractivity contribution < 1.29 is 24.9 Å². The van der Waals surface area contributed by atoms with Gasteiger partial charge in [0, 0.05) is 25.9 Å². The van der Waals surface area contributed by atoms with Gasteiger partial charge in [0.15, 0.2) is 0 Å². The molecule has 0 bridgehead atoms. The maximum atomic E-state index is 11.2. The Morgan fingerprint density at radius 2 is 2.05 bits per heavy atom. The largest absolute Gasteiger partial charge is 0.458 e. The summed E-state index contributed by atoms with van der Waals surface area (Å²) >= 11 is 0. The molecule has 1 rings (SSSR count). The second-order valence-electron chi connectivity index (χ2n) is 6.15. The highest BCUT2D eigenvalue weighted by Gasteiger charge is 2.39. The minimum Gasteiger partial charge on any atom is -0.458 e. The van der Waals surface area contributed by atoms with Gasteiger partial charge in [0.2, 0.25) is 0 Å². The third kappa shape index (κ3) is 6.07. The van der Waals surface area contributed by atoms with Crippen LogP contribution in [0.4, 0.5) is 0 Å². The highest BCUT2D eigenvalue weighted by atomic mass is 16.5. The van der Waals surface area contributed by atoms with Crippen LogP contribution in [0.3, 0.4) is 0 Å². The number of esters is 1. The molecule has 0 radical (unpaired) electrons. The summed E-state index contributed by atoms with van der Waals surface area (Å²) in [4.78, 5) is 11.2. The van der Waals surface area contributed by atoms with Crippen molar-refractivity contribution in [1.29, 1.82) is 0 Å². The molecule has 5 atom stereocenters. The second kappa shape index (κ2) is 9.98. The summed E-state index contributed by atoms with van der Waals surface area (Å²) in [7, 11) is 0. The summed E-state index contributed by atoms with van der Waals surface area (Å²) in [5.41, 5.74) is 0. The third-order valence-electron chi connectivity index (χ3n) is 4.34. The van der Waals surface area contributed by atoms with E-state index in [1.807, 2.05) is 12.2 Å². The Hall–Kier alpha value is -0.910. The number of carbonyl (C=O) groups is 1. The number of hydrogen-bond acceptors (Lipinski definition) is 5. The van der Waals surface area contributed by atoms with Gasteiger partial charge in [-0.1, -0.05) is 25.8 Å². The molecule has 0 amide bonds. The van der Waals surface area contributed by atoms with E-state index < -0.39 is 12.2 Å². The van der Waals surface area contributed by atoms with Crippen molar-refractivity contribution in [2.45, 2.75) is 70.7 Å². The predicted molar refractivity (Wildman–Crippen MR) is 84.1 cm³/mol. The van der Waals surface area contributed by atoms with E-state index in [1.54, 1.807) is 0 Å². The first-order chi connectivity index (χ1) is 10.5. The van der Waals surface area contributed by atoms with Gasteiger partial charge >= 0.3 is 5.97 Å². The van der Waals surface area contributed by atoms with Gasteiger partial charge < -0.3 is 20.1 Å². The fourth-order valence-electron chi connectivity index (χ4n) is 3.18. The van der Waals surface area contributed by atoms with Gasteiger partial charge in [0.25, 0.3) is 0 Å². The lowest BCUT2D eigenvalue weighted by atomic mass is 9.90. The van der Waals surface area contributed by atoms with E-state index in [0.29, 0.717) is 12.8 Å². The molecule has 0 aromatic heterocycles. The second-order valence-corrected chi connectivity index (χ2v) is 6.15. The Bertz CT molecular complexity index is 355. The Labute approximate surface area is 133 Å². The lowest BCUT2D eigenvalue weighted by molar-refractivity contribution is -0.144. The molecule has 1 aliphatic carbocycles. The van der Waals surface area contributed by atoms with Gasteiger partial charge in [-0.2, -0.15) is 0 Å². The number of hydrogen-bond donors (Lipinski definition) is 3.